The van der Waals surface area contributed by atoms with Gasteiger partial charge >= 0.3 is 0 Å². The monoisotopic (exact) mass is 305 g/mol. The summed E-state index contributed by atoms with van der Waals surface area (Å²) in [5, 5.41) is 1.07. The third-order valence-corrected chi connectivity index (χ3v) is 5.63. The number of hydrogen-bond donors (Lipinski definition) is 2. The molecule has 1 aliphatic rings. The first-order chi connectivity index (χ1) is 10.1. The van der Waals surface area contributed by atoms with Gasteiger partial charge in [0, 0.05) is 11.4 Å². The molecule has 1 aliphatic heterocycles. The Kier molecular flexibility index (Phi) is 4.10. The van der Waals surface area contributed by atoms with Gasteiger partial charge in [-0.15, -0.1) is 11.3 Å². The number of aryl methyl sites for hydroxylation is 2. The lowest BCUT2D eigenvalue weighted by molar-refractivity contribution is 0.308. The van der Waals surface area contributed by atoms with Crippen LogP contribution < -0.4 is 11.3 Å². The Balaban J connectivity index is 1.89. The Morgan fingerprint density at radius 1 is 1.38 bits per heavy atom. The Bertz CT molecular complexity index is 651. The smallest absolute Gasteiger partial charge is 0.152 e. The quantitative estimate of drug-likeness (QED) is 0.671. The highest BCUT2D eigenvalue weighted by Crippen LogP contribution is 2.33. The SMILES string of the molecule is CCC1CCN(Cc2nc(NN)c3c(C)c(C)sc3n2)C1. The van der Waals surface area contributed by atoms with Crippen LogP contribution in [0.4, 0.5) is 5.82 Å². The first kappa shape index (κ1) is 14.7. The molecule has 2 aromatic heterocycles. The number of rotatable bonds is 4. The van der Waals surface area contributed by atoms with E-state index in [9.17, 15) is 0 Å². The van der Waals surface area contributed by atoms with Crippen LogP contribution in [0, 0.1) is 19.8 Å². The summed E-state index contributed by atoms with van der Waals surface area (Å²) in [6, 6.07) is 0. The van der Waals surface area contributed by atoms with E-state index in [1.54, 1.807) is 11.3 Å². The van der Waals surface area contributed by atoms with Crippen LogP contribution in [0.5, 0.6) is 0 Å². The van der Waals surface area contributed by atoms with Crippen LogP contribution in [0.3, 0.4) is 0 Å². The first-order valence-corrected chi connectivity index (χ1v) is 8.39. The van der Waals surface area contributed by atoms with E-state index in [0.717, 1.165) is 47.4 Å². The first-order valence-electron chi connectivity index (χ1n) is 7.58. The zero-order chi connectivity index (χ0) is 15.0. The topological polar surface area (TPSA) is 67.1 Å². The average molecular weight is 305 g/mol. The van der Waals surface area contributed by atoms with Crippen molar-refractivity contribution in [3.8, 4) is 0 Å². The minimum Gasteiger partial charge on any atom is -0.308 e. The highest BCUT2D eigenvalue weighted by atomic mass is 32.1. The molecule has 21 heavy (non-hydrogen) atoms. The van der Waals surface area contributed by atoms with Crippen LogP contribution in [0.25, 0.3) is 10.2 Å². The van der Waals surface area contributed by atoms with Crippen LogP contribution in [-0.4, -0.2) is 28.0 Å². The van der Waals surface area contributed by atoms with Gasteiger partial charge < -0.3 is 5.43 Å². The lowest BCUT2D eigenvalue weighted by atomic mass is 10.1. The number of nitrogens with zero attached hydrogens (tertiary/aromatic N) is 3. The van der Waals surface area contributed by atoms with Gasteiger partial charge in [0.1, 0.15) is 10.7 Å². The maximum Gasteiger partial charge on any atom is 0.152 e. The number of likely N-dealkylation sites (tertiary alicyclic amines) is 1. The fourth-order valence-corrected chi connectivity index (χ4v) is 4.11. The summed E-state index contributed by atoms with van der Waals surface area (Å²) >= 11 is 1.72. The minimum atomic E-state index is 0.753. The van der Waals surface area contributed by atoms with E-state index < -0.39 is 0 Å². The number of thiophene rings is 1. The second kappa shape index (κ2) is 5.87. The molecule has 0 amide bonds. The fraction of sp³-hybridized carbons (Fsp3) is 0.600. The Hall–Kier alpha value is -1.24. The van der Waals surface area contributed by atoms with Crippen LogP contribution in [0.1, 0.15) is 36.0 Å². The second-order valence-corrected chi connectivity index (χ2v) is 7.10. The lowest BCUT2D eigenvalue weighted by Gasteiger charge is -2.15. The van der Waals surface area contributed by atoms with E-state index >= 15 is 0 Å². The van der Waals surface area contributed by atoms with Crippen molar-refractivity contribution in [3.63, 3.8) is 0 Å². The number of nitrogen functional groups attached to an aromatic ring is 1. The van der Waals surface area contributed by atoms with Crippen molar-refractivity contribution in [3.05, 3.63) is 16.3 Å². The van der Waals surface area contributed by atoms with Gasteiger partial charge in [0.25, 0.3) is 0 Å². The summed E-state index contributed by atoms with van der Waals surface area (Å²) in [7, 11) is 0. The molecule has 3 heterocycles. The van der Waals surface area contributed by atoms with Crippen molar-refractivity contribution in [2.24, 2.45) is 11.8 Å². The average Bonchev–Trinajstić information content (AvgIpc) is 3.04. The standard InChI is InChI=1S/C15H23N5S/c1-4-11-5-6-20(7-11)8-12-17-14(19-16)13-9(2)10(3)21-15(13)18-12/h11H,4-8,16H2,1-3H3,(H,17,18,19). The van der Waals surface area contributed by atoms with E-state index in [-0.39, 0.29) is 0 Å². The highest BCUT2D eigenvalue weighted by molar-refractivity contribution is 7.18. The van der Waals surface area contributed by atoms with Crippen molar-refractivity contribution in [2.45, 2.75) is 40.2 Å². The van der Waals surface area contributed by atoms with Crippen LogP contribution in [-0.2, 0) is 6.54 Å². The number of aromatic nitrogens is 2. The molecule has 6 heteroatoms. The van der Waals surface area contributed by atoms with Gasteiger partial charge in [-0.05, 0) is 38.3 Å². The summed E-state index contributed by atoms with van der Waals surface area (Å²) in [5.41, 5.74) is 3.97. The Morgan fingerprint density at radius 2 is 2.19 bits per heavy atom. The van der Waals surface area contributed by atoms with E-state index in [4.69, 9.17) is 10.8 Å². The molecular weight excluding hydrogens is 282 g/mol. The van der Waals surface area contributed by atoms with Crippen molar-refractivity contribution < 1.29 is 0 Å². The molecular formula is C15H23N5S. The molecule has 0 spiro atoms. The molecule has 5 nitrogen and oxygen atoms in total. The van der Waals surface area contributed by atoms with Crippen LogP contribution in [0.2, 0.25) is 0 Å². The fourth-order valence-electron chi connectivity index (χ4n) is 3.06. The largest absolute Gasteiger partial charge is 0.308 e. The molecule has 3 N–H and O–H groups in total. The molecule has 1 atom stereocenters. The minimum absolute atomic E-state index is 0.753. The van der Waals surface area contributed by atoms with E-state index in [0.29, 0.717) is 0 Å². The molecule has 1 fully saturated rings. The molecule has 2 aromatic rings. The predicted octanol–water partition coefficient (Wildman–Crippen LogP) is 2.83. The summed E-state index contributed by atoms with van der Waals surface area (Å²) < 4.78 is 0. The zero-order valence-corrected chi connectivity index (χ0v) is 13.8. The van der Waals surface area contributed by atoms with Crippen LogP contribution >= 0.6 is 11.3 Å². The van der Waals surface area contributed by atoms with E-state index in [2.05, 4.69) is 36.1 Å². The second-order valence-electron chi connectivity index (χ2n) is 5.89. The number of anilines is 1. The summed E-state index contributed by atoms with van der Waals surface area (Å²) in [4.78, 5) is 14.1. The van der Waals surface area contributed by atoms with Gasteiger partial charge in [-0.3, -0.25) is 4.90 Å². The van der Waals surface area contributed by atoms with Gasteiger partial charge in [0.2, 0.25) is 0 Å². The predicted molar refractivity (Wildman–Crippen MR) is 88.4 cm³/mol. The summed E-state index contributed by atoms with van der Waals surface area (Å²) in [6.07, 6.45) is 2.55. The number of nitrogens with two attached hydrogens (primary N) is 1. The third kappa shape index (κ3) is 2.75. The van der Waals surface area contributed by atoms with Gasteiger partial charge in [-0.25, -0.2) is 15.8 Å². The van der Waals surface area contributed by atoms with Gasteiger partial charge in [0.05, 0.1) is 11.9 Å². The number of hydrazine groups is 1. The van der Waals surface area contributed by atoms with Gasteiger partial charge in [-0.2, -0.15) is 0 Å². The molecule has 3 rings (SSSR count). The summed E-state index contributed by atoms with van der Waals surface area (Å²) in [6.45, 7) is 9.61. The van der Waals surface area contributed by atoms with E-state index in [1.165, 1.54) is 23.3 Å². The van der Waals surface area contributed by atoms with Crippen LogP contribution in [0.15, 0.2) is 0 Å². The Labute approximate surface area is 129 Å². The number of hydrogen-bond acceptors (Lipinski definition) is 6. The van der Waals surface area contributed by atoms with Gasteiger partial charge in [0.15, 0.2) is 5.82 Å². The third-order valence-electron chi connectivity index (χ3n) is 4.52. The maximum atomic E-state index is 5.67. The van der Waals surface area contributed by atoms with Crippen molar-refractivity contribution >= 4 is 27.4 Å². The zero-order valence-electron chi connectivity index (χ0n) is 12.9. The molecule has 0 saturated carbocycles. The Morgan fingerprint density at radius 3 is 2.86 bits per heavy atom. The molecule has 114 valence electrons. The molecule has 1 saturated heterocycles. The molecule has 0 bridgehead atoms. The molecule has 1 unspecified atom stereocenters. The van der Waals surface area contributed by atoms with Crippen molar-refractivity contribution in [1.29, 1.82) is 0 Å². The van der Waals surface area contributed by atoms with Gasteiger partial charge in [-0.1, -0.05) is 13.3 Å². The molecule has 0 aromatic carbocycles. The number of nitrogens with one attached hydrogen (secondary N) is 1. The molecule has 0 radical (unpaired) electrons. The summed E-state index contributed by atoms with van der Waals surface area (Å²) in [5.74, 6) is 8.11. The van der Waals surface area contributed by atoms with Crippen molar-refractivity contribution in [2.75, 3.05) is 18.5 Å². The van der Waals surface area contributed by atoms with E-state index in [1.807, 2.05) is 0 Å². The van der Waals surface area contributed by atoms with Crippen molar-refractivity contribution in [1.82, 2.24) is 14.9 Å². The lowest BCUT2D eigenvalue weighted by Crippen LogP contribution is -2.22. The number of fused-ring (bicyclic) bond motifs is 1. The highest BCUT2D eigenvalue weighted by Gasteiger charge is 2.22. The molecule has 0 aliphatic carbocycles. The normalized spacial score (nSPS) is 19.5. The maximum absolute atomic E-state index is 5.67.